The van der Waals surface area contributed by atoms with E-state index >= 15 is 0 Å². The first-order valence-corrected chi connectivity index (χ1v) is 12.3. The van der Waals surface area contributed by atoms with Crippen LogP contribution >= 0.6 is 0 Å². The molecule has 0 radical (unpaired) electrons. The molecule has 2 heterocycles. The predicted molar refractivity (Wildman–Crippen MR) is 134 cm³/mol. The number of benzene rings is 2. The highest BCUT2D eigenvalue weighted by Gasteiger charge is 2.46. The van der Waals surface area contributed by atoms with Crippen LogP contribution in [0, 0.1) is 5.92 Å². The second kappa shape index (κ2) is 11.5. The van der Waals surface area contributed by atoms with Gasteiger partial charge in [0.1, 0.15) is 24.7 Å². The lowest BCUT2D eigenvalue weighted by molar-refractivity contribution is -0.140. The fourth-order valence-electron chi connectivity index (χ4n) is 4.37. The van der Waals surface area contributed by atoms with Crippen LogP contribution in [-0.2, 0) is 14.3 Å². The van der Waals surface area contributed by atoms with Crippen LogP contribution < -0.4 is 14.2 Å². The molecular formula is C28H33NO7. The molecule has 1 amide bonds. The van der Waals surface area contributed by atoms with Gasteiger partial charge in [0.05, 0.1) is 18.2 Å². The number of rotatable bonds is 10. The van der Waals surface area contributed by atoms with Crippen molar-refractivity contribution in [3.63, 3.8) is 0 Å². The van der Waals surface area contributed by atoms with E-state index in [0.29, 0.717) is 73.7 Å². The number of carbonyl (C=O) groups is 2. The second-order valence-electron chi connectivity index (χ2n) is 9.30. The molecule has 1 unspecified atom stereocenters. The number of ketones is 1. The molecule has 0 bridgehead atoms. The number of ether oxygens (including phenoxy) is 4. The van der Waals surface area contributed by atoms with Crippen molar-refractivity contribution in [3.05, 3.63) is 59.2 Å². The first kappa shape index (κ1) is 25.6. The normalized spacial score (nSPS) is 18.7. The minimum atomic E-state index is -0.760. The van der Waals surface area contributed by atoms with Gasteiger partial charge in [-0.1, -0.05) is 26.0 Å². The number of fused-ring (bicyclic) bond motifs is 1. The number of carbonyl (C=O) groups excluding carboxylic acids is 2. The Bertz CT molecular complexity index is 1140. The van der Waals surface area contributed by atoms with Gasteiger partial charge >= 0.3 is 0 Å². The minimum absolute atomic E-state index is 0.0356. The van der Waals surface area contributed by atoms with Gasteiger partial charge in [-0.15, -0.1) is 0 Å². The van der Waals surface area contributed by atoms with Crippen molar-refractivity contribution in [3.8, 4) is 17.2 Å². The van der Waals surface area contributed by atoms with Crippen LogP contribution in [0.4, 0.5) is 0 Å². The predicted octanol–water partition coefficient (Wildman–Crippen LogP) is 4.34. The molecule has 0 saturated carbocycles. The Morgan fingerprint density at radius 1 is 1.08 bits per heavy atom. The van der Waals surface area contributed by atoms with Gasteiger partial charge in [-0.2, -0.15) is 0 Å². The number of amides is 1. The summed E-state index contributed by atoms with van der Waals surface area (Å²) in [6.07, 6.45) is 1.46. The fourth-order valence-corrected chi connectivity index (χ4v) is 4.37. The van der Waals surface area contributed by atoms with E-state index in [1.807, 2.05) is 24.3 Å². The first-order valence-electron chi connectivity index (χ1n) is 12.3. The molecule has 1 fully saturated rings. The molecular weight excluding hydrogens is 462 g/mol. The highest BCUT2D eigenvalue weighted by molar-refractivity contribution is 6.46. The van der Waals surface area contributed by atoms with Crippen molar-refractivity contribution >= 4 is 17.4 Å². The number of nitrogens with zero attached hydrogens (tertiary/aromatic N) is 1. The van der Waals surface area contributed by atoms with Gasteiger partial charge in [-0.05, 0) is 54.7 Å². The standard InChI is InChI=1S/C28H33NO7/c1-18(2)10-13-34-21-7-4-6-19(16-21)25-24(27(31)28(32)29(25)11-5-12-33-3)26(30)20-8-9-22-23(17-20)36-15-14-35-22/h4,6-9,16-18,25,30H,5,10-15H2,1-3H3. The zero-order valence-electron chi connectivity index (χ0n) is 21.0. The summed E-state index contributed by atoms with van der Waals surface area (Å²) in [6.45, 7) is 6.41. The Morgan fingerprint density at radius 2 is 1.86 bits per heavy atom. The lowest BCUT2D eigenvalue weighted by Crippen LogP contribution is -2.31. The smallest absolute Gasteiger partial charge is 0.295 e. The van der Waals surface area contributed by atoms with E-state index in [0.717, 1.165) is 6.42 Å². The number of methoxy groups -OCH3 is 1. The van der Waals surface area contributed by atoms with E-state index < -0.39 is 17.7 Å². The summed E-state index contributed by atoms with van der Waals surface area (Å²) in [5.74, 6) is 0.576. The summed E-state index contributed by atoms with van der Waals surface area (Å²) in [6, 6.07) is 11.6. The molecule has 36 heavy (non-hydrogen) atoms. The first-order chi connectivity index (χ1) is 17.4. The minimum Gasteiger partial charge on any atom is -0.507 e. The van der Waals surface area contributed by atoms with Gasteiger partial charge in [0, 0.05) is 25.8 Å². The van der Waals surface area contributed by atoms with Crippen LogP contribution in [0.25, 0.3) is 5.76 Å². The molecule has 0 spiro atoms. The Balaban J connectivity index is 1.74. The number of Topliss-reactive ketones (excluding diaryl/α,β-unsaturated/α-hetero) is 1. The van der Waals surface area contributed by atoms with Gasteiger partial charge in [0.25, 0.3) is 11.7 Å². The Morgan fingerprint density at radius 3 is 2.61 bits per heavy atom. The average Bonchev–Trinajstić information content (AvgIpc) is 3.13. The van der Waals surface area contributed by atoms with Crippen molar-refractivity contribution in [1.29, 1.82) is 0 Å². The van der Waals surface area contributed by atoms with Gasteiger partial charge in [0.2, 0.25) is 0 Å². The highest BCUT2D eigenvalue weighted by Crippen LogP contribution is 2.41. The molecule has 2 aliphatic rings. The number of likely N-dealkylation sites (tertiary alicyclic amines) is 1. The maximum Gasteiger partial charge on any atom is 0.295 e. The van der Waals surface area contributed by atoms with Crippen LogP contribution in [0.15, 0.2) is 48.0 Å². The van der Waals surface area contributed by atoms with E-state index in [9.17, 15) is 14.7 Å². The van der Waals surface area contributed by atoms with Gasteiger partial charge < -0.3 is 29.0 Å². The Labute approximate surface area is 211 Å². The molecule has 8 heteroatoms. The van der Waals surface area contributed by atoms with E-state index in [1.54, 1.807) is 25.3 Å². The summed E-state index contributed by atoms with van der Waals surface area (Å²) in [4.78, 5) is 27.8. The van der Waals surface area contributed by atoms with Crippen molar-refractivity contribution in [2.75, 3.05) is 40.1 Å². The fraction of sp³-hybridized carbons (Fsp3) is 0.429. The number of aliphatic hydroxyl groups is 1. The largest absolute Gasteiger partial charge is 0.507 e. The van der Waals surface area contributed by atoms with E-state index in [2.05, 4.69) is 13.8 Å². The monoisotopic (exact) mass is 495 g/mol. The summed E-state index contributed by atoms with van der Waals surface area (Å²) in [5, 5.41) is 11.3. The SMILES string of the molecule is COCCCN1C(=O)C(=O)C(=C(O)c2ccc3c(c2)OCCO3)C1c1cccc(OCCC(C)C)c1. The zero-order chi connectivity index (χ0) is 25.7. The molecule has 0 aromatic heterocycles. The van der Waals surface area contributed by atoms with Gasteiger partial charge in [-0.3, -0.25) is 9.59 Å². The number of hydrogen-bond acceptors (Lipinski definition) is 7. The highest BCUT2D eigenvalue weighted by atomic mass is 16.6. The summed E-state index contributed by atoms with van der Waals surface area (Å²) < 4.78 is 22.3. The molecule has 2 aromatic rings. The Kier molecular flexibility index (Phi) is 8.15. The van der Waals surface area contributed by atoms with Crippen LogP contribution in [0.3, 0.4) is 0 Å². The zero-order valence-corrected chi connectivity index (χ0v) is 21.0. The Hall–Kier alpha value is -3.52. The molecule has 4 rings (SSSR count). The third kappa shape index (κ3) is 5.49. The molecule has 1 saturated heterocycles. The maximum atomic E-state index is 13.2. The third-order valence-electron chi connectivity index (χ3n) is 6.24. The van der Waals surface area contributed by atoms with E-state index in [1.165, 1.54) is 4.90 Å². The van der Waals surface area contributed by atoms with Crippen LogP contribution in [0.5, 0.6) is 17.2 Å². The summed E-state index contributed by atoms with van der Waals surface area (Å²) in [7, 11) is 1.59. The number of aliphatic hydroxyl groups excluding tert-OH is 1. The molecule has 0 aliphatic carbocycles. The number of hydrogen-bond donors (Lipinski definition) is 1. The van der Waals surface area contributed by atoms with Crippen molar-refractivity contribution < 1.29 is 33.6 Å². The van der Waals surface area contributed by atoms with Crippen molar-refractivity contribution in [2.24, 2.45) is 5.92 Å². The second-order valence-corrected chi connectivity index (χ2v) is 9.30. The molecule has 1 N–H and O–H groups in total. The summed E-state index contributed by atoms with van der Waals surface area (Å²) in [5.41, 5.74) is 1.10. The van der Waals surface area contributed by atoms with E-state index in [4.69, 9.17) is 18.9 Å². The van der Waals surface area contributed by atoms with E-state index in [-0.39, 0.29) is 11.3 Å². The molecule has 1 atom stereocenters. The molecule has 2 aromatic carbocycles. The lowest BCUT2D eigenvalue weighted by Gasteiger charge is -2.26. The molecule has 8 nitrogen and oxygen atoms in total. The molecule has 192 valence electrons. The van der Waals surface area contributed by atoms with Gasteiger partial charge in [0.15, 0.2) is 11.5 Å². The topological polar surface area (TPSA) is 94.5 Å². The van der Waals surface area contributed by atoms with Crippen LogP contribution in [0.1, 0.15) is 43.9 Å². The quantitative estimate of drug-likeness (QED) is 0.227. The third-order valence-corrected chi connectivity index (χ3v) is 6.24. The lowest BCUT2D eigenvalue weighted by atomic mass is 9.95. The average molecular weight is 496 g/mol. The summed E-state index contributed by atoms with van der Waals surface area (Å²) >= 11 is 0. The van der Waals surface area contributed by atoms with Crippen molar-refractivity contribution in [1.82, 2.24) is 4.90 Å². The van der Waals surface area contributed by atoms with Gasteiger partial charge in [-0.25, -0.2) is 0 Å². The van der Waals surface area contributed by atoms with Crippen LogP contribution in [0.2, 0.25) is 0 Å². The maximum absolute atomic E-state index is 13.2. The van der Waals surface area contributed by atoms with Crippen LogP contribution in [-0.4, -0.2) is 61.8 Å². The van der Waals surface area contributed by atoms with Crippen molar-refractivity contribution in [2.45, 2.75) is 32.7 Å². The molecule has 2 aliphatic heterocycles.